The number of carbonyl (C=O) groups excluding carboxylic acids is 2. The number of benzene rings is 5. The molecule has 0 saturated carbocycles. The molecule has 0 radical (unpaired) electrons. The third-order valence-corrected chi connectivity index (χ3v) is 7.60. The number of nitrogens with zero attached hydrogens (tertiary/aromatic N) is 2. The van der Waals surface area contributed by atoms with Gasteiger partial charge in [-0.15, -0.1) is 0 Å². The zero-order valence-corrected chi connectivity index (χ0v) is 21.7. The number of aromatic nitrogens is 1. The molecule has 2 amide bonds. The lowest BCUT2D eigenvalue weighted by molar-refractivity contribution is -0.137. The number of aryl methyl sites for hydroxylation is 1. The van der Waals surface area contributed by atoms with E-state index in [1.165, 1.54) is 6.07 Å². The van der Waals surface area contributed by atoms with Crippen molar-refractivity contribution < 1.29 is 22.8 Å². The fourth-order valence-corrected chi connectivity index (χ4v) is 5.71. The second kappa shape index (κ2) is 8.93. The summed E-state index contributed by atoms with van der Waals surface area (Å²) in [6.45, 7) is 1.90. The maximum Gasteiger partial charge on any atom is 0.416 e. The van der Waals surface area contributed by atoms with Gasteiger partial charge in [0.2, 0.25) is 0 Å². The molecule has 4 nitrogen and oxygen atoms in total. The minimum atomic E-state index is -4.55. The van der Waals surface area contributed by atoms with E-state index in [1.54, 1.807) is 41.0 Å². The van der Waals surface area contributed by atoms with Crippen LogP contribution in [0.2, 0.25) is 0 Å². The third-order valence-electron chi connectivity index (χ3n) is 7.60. The molecule has 0 aliphatic carbocycles. The average molecular weight is 547 g/mol. The molecule has 2 heterocycles. The van der Waals surface area contributed by atoms with Gasteiger partial charge in [0.05, 0.1) is 39.1 Å². The van der Waals surface area contributed by atoms with E-state index in [9.17, 15) is 22.8 Å². The van der Waals surface area contributed by atoms with Crippen LogP contribution in [0.3, 0.4) is 0 Å². The Balaban J connectivity index is 1.44. The van der Waals surface area contributed by atoms with Crippen molar-refractivity contribution >= 4 is 39.3 Å². The molecule has 200 valence electrons. The summed E-state index contributed by atoms with van der Waals surface area (Å²) in [6.07, 6.45) is -4.55. The molecule has 1 aliphatic rings. The van der Waals surface area contributed by atoms with Crippen molar-refractivity contribution in [1.82, 2.24) is 4.57 Å². The fourth-order valence-electron chi connectivity index (χ4n) is 5.71. The zero-order valence-electron chi connectivity index (χ0n) is 21.7. The van der Waals surface area contributed by atoms with E-state index in [1.807, 2.05) is 61.5 Å². The molecule has 0 fully saturated rings. The van der Waals surface area contributed by atoms with Gasteiger partial charge in [0.25, 0.3) is 11.8 Å². The molecule has 0 N–H and O–H groups in total. The van der Waals surface area contributed by atoms with Gasteiger partial charge in [0, 0.05) is 10.8 Å². The maximum absolute atomic E-state index is 14.0. The molecule has 0 spiro atoms. The van der Waals surface area contributed by atoms with Gasteiger partial charge in [-0.25, -0.2) is 4.90 Å². The molecule has 5 aromatic carbocycles. The Labute approximate surface area is 232 Å². The number of halogens is 3. The first-order valence-corrected chi connectivity index (χ1v) is 13.0. The Morgan fingerprint density at radius 2 is 1.32 bits per heavy atom. The monoisotopic (exact) mass is 546 g/mol. The van der Waals surface area contributed by atoms with Crippen molar-refractivity contribution in [2.75, 3.05) is 4.90 Å². The maximum atomic E-state index is 14.0. The van der Waals surface area contributed by atoms with Crippen LogP contribution in [0.4, 0.5) is 18.9 Å². The van der Waals surface area contributed by atoms with Crippen molar-refractivity contribution in [3.8, 4) is 16.8 Å². The van der Waals surface area contributed by atoms with Crippen molar-refractivity contribution in [3.05, 3.63) is 131 Å². The zero-order chi connectivity index (χ0) is 28.5. The highest BCUT2D eigenvalue weighted by molar-refractivity contribution is 6.36. The molecule has 0 atom stereocenters. The molecule has 1 aliphatic heterocycles. The van der Waals surface area contributed by atoms with E-state index in [2.05, 4.69) is 0 Å². The quantitative estimate of drug-likeness (QED) is 0.209. The topological polar surface area (TPSA) is 42.3 Å². The summed E-state index contributed by atoms with van der Waals surface area (Å²) >= 11 is 0. The number of anilines is 1. The van der Waals surface area contributed by atoms with Gasteiger partial charge in [-0.1, -0.05) is 66.7 Å². The van der Waals surface area contributed by atoms with E-state index in [0.717, 1.165) is 39.1 Å². The molecule has 1 aromatic heterocycles. The summed E-state index contributed by atoms with van der Waals surface area (Å²) in [7, 11) is 0. The van der Waals surface area contributed by atoms with Gasteiger partial charge in [-0.3, -0.25) is 9.59 Å². The van der Waals surface area contributed by atoms with E-state index < -0.39 is 23.6 Å². The summed E-state index contributed by atoms with van der Waals surface area (Å²) in [5.41, 5.74) is 3.98. The lowest BCUT2D eigenvalue weighted by Crippen LogP contribution is -2.29. The number of alkyl halides is 3. The van der Waals surface area contributed by atoms with Crippen LogP contribution < -0.4 is 4.90 Å². The standard InChI is InChI=1S/C34H21F3N2O2/c1-20-13-15-25-26-16-14-23(34(35,36)37)19-30(26)39(29(25)17-20)28-12-6-11-27-31(28)33(41)38(32(27)40)24-10-5-9-22(18-24)21-7-3-2-4-8-21/h2-19H,1H3. The molecule has 41 heavy (non-hydrogen) atoms. The summed E-state index contributed by atoms with van der Waals surface area (Å²) in [4.78, 5) is 28.9. The van der Waals surface area contributed by atoms with E-state index in [0.29, 0.717) is 27.8 Å². The lowest BCUT2D eigenvalue weighted by atomic mass is 10.0. The SMILES string of the molecule is Cc1ccc2c3ccc(C(F)(F)F)cc3n(-c3cccc4c3C(=O)N(c3cccc(-c5ccccc5)c3)C4=O)c2c1. The Bertz CT molecular complexity index is 2040. The Kier molecular flexibility index (Phi) is 5.41. The Hall–Kier alpha value is -5.17. The van der Waals surface area contributed by atoms with E-state index in [-0.39, 0.29) is 11.1 Å². The van der Waals surface area contributed by atoms with Crippen LogP contribution in [0.5, 0.6) is 0 Å². The van der Waals surface area contributed by atoms with Gasteiger partial charge in [-0.05, 0) is 66.1 Å². The number of hydrogen-bond donors (Lipinski definition) is 0. The number of hydrogen-bond acceptors (Lipinski definition) is 2. The number of imide groups is 1. The van der Waals surface area contributed by atoms with Crippen LogP contribution in [-0.4, -0.2) is 16.4 Å². The fraction of sp³-hybridized carbons (Fsp3) is 0.0588. The highest BCUT2D eigenvalue weighted by atomic mass is 19.4. The first-order valence-electron chi connectivity index (χ1n) is 13.0. The molecule has 7 rings (SSSR count). The van der Waals surface area contributed by atoms with Gasteiger partial charge in [-0.2, -0.15) is 13.2 Å². The predicted octanol–water partition coefficient (Wildman–Crippen LogP) is 8.58. The minimum Gasteiger partial charge on any atom is -0.308 e. The Morgan fingerprint density at radius 1 is 0.634 bits per heavy atom. The van der Waals surface area contributed by atoms with Crippen molar-refractivity contribution in [3.63, 3.8) is 0 Å². The Morgan fingerprint density at radius 3 is 2.07 bits per heavy atom. The predicted molar refractivity (Wildman–Crippen MR) is 154 cm³/mol. The number of carbonyl (C=O) groups is 2. The smallest absolute Gasteiger partial charge is 0.308 e. The van der Waals surface area contributed by atoms with Crippen LogP contribution >= 0.6 is 0 Å². The largest absolute Gasteiger partial charge is 0.416 e. The van der Waals surface area contributed by atoms with E-state index >= 15 is 0 Å². The van der Waals surface area contributed by atoms with Gasteiger partial charge in [0.1, 0.15) is 0 Å². The van der Waals surface area contributed by atoms with E-state index in [4.69, 9.17) is 0 Å². The second-order valence-electron chi connectivity index (χ2n) is 10.1. The first-order chi connectivity index (χ1) is 19.7. The molecule has 0 bridgehead atoms. The molecular formula is C34H21F3N2O2. The molecular weight excluding hydrogens is 525 g/mol. The minimum absolute atomic E-state index is 0.153. The molecule has 0 saturated heterocycles. The lowest BCUT2D eigenvalue weighted by Gasteiger charge is -2.16. The number of rotatable bonds is 3. The van der Waals surface area contributed by atoms with Crippen molar-refractivity contribution in [2.24, 2.45) is 0 Å². The molecule has 0 unspecified atom stereocenters. The normalized spacial score (nSPS) is 13.4. The number of fused-ring (bicyclic) bond motifs is 4. The molecule has 7 heteroatoms. The number of amides is 2. The van der Waals surface area contributed by atoms with Gasteiger partial charge in [0.15, 0.2) is 0 Å². The van der Waals surface area contributed by atoms with Crippen molar-refractivity contribution in [2.45, 2.75) is 13.1 Å². The summed E-state index contributed by atoms with van der Waals surface area (Å²) in [5, 5.41) is 1.37. The third kappa shape index (κ3) is 3.84. The van der Waals surface area contributed by atoms with Crippen molar-refractivity contribution in [1.29, 1.82) is 0 Å². The molecule has 6 aromatic rings. The summed E-state index contributed by atoms with van der Waals surface area (Å²) in [5.74, 6) is -1.01. The summed E-state index contributed by atoms with van der Waals surface area (Å²) in [6, 6.07) is 31.0. The van der Waals surface area contributed by atoms with Gasteiger partial charge < -0.3 is 4.57 Å². The second-order valence-corrected chi connectivity index (χ2v) is 10.1. The van der Waals surface area contributed by atoms with Crippen LogP contribution in [0.1, 0.15) is 31.8 Å². The van der Waals surface area contributed by atoms with Gasteiger partial charge >= 0.3 is 6.18 Å². The summed E-state index contributed by atoms with van der Waals surface area (Å²) < 4.78 is 43.0. The van der Waals surface area contributed by atoms with Crippen LogP contribution in [0.15, 0.2) is 109 Å². The first kappa shape index (κ1) is 24.8. The van der Waals surface area contributed by atoms with Crippen LogP contribution in [0, 0.1) is 6.92 Å². The highest BCUT2D eigenvalue weighted by Crippen LogP contribution is 2.40. The van der Waals surface area contributed by atoms with Crippen LogP contribution in [0.25, 0.3) is 38.6 Å². The average Bonchev–Trinajstić information content (AvgIpc) is 3.43. The van der Waals surface area contributed by atoms with Crippen LogP contribution in [-0.2, 0) is 6.18 Å². The highest BCUT2D eigenvalue weighted by Gasteiger charge is 2.39.